The van der Waals surface area contributed by atoms with Crippen molar-refractivity contribution in [3.8, 4) is 5.06 Å². The number of thiazole rings is 1. The summed E-state index contributed by atoms with van der Waals surface area (Å²) in [6.07, 6.45) is 2.97. The second kappa shape index (κ2) is 6.40. The number of rotatable bonds is 6. The normalized spacial score (nSPS) is 10.6. The first-order valence-corrected chi connectivity index (χ1v) is 6.96. The highest BCUT2D eigenvalue weighted by Gasteiger charge is 2.03. The predicted octanol–water partition coefficient (Wildman–Crippen LogP) is 3.58. The minimum atomic E-state index is 0.197. The van der Waals surface area contributed by atoms with E-state index in [-0.39, 0.29) is 6.10 Å². The summed E-state index contributed by atoms with van der Waals surface area (Å²) in [6.45, 7) is 4.92. The molecule has 0 bridgehead atoms. The molecule has 4 heteroatoms. The Labute approximate surface area is 112 Å². The third-order valence-electron chi connectivity index (χ3n) is 2.37. The Balaban J connectivity index is 1.78. The number of hydrogen-bond acceptors (Lipinski definition) is 4. The molecule has 0 aliphatic rings. The van der Waals surface area contributed by atoms with Crippen molar-refractivity contribution in [3.05, 3.63) is 42.1 Å². The lowest BCUT2D eigenvalue weighted by molar-refractivity contribution is 0.249. The summed E-state index contributed by atoms with van der Waals surface area (Å²) < 4.78 is 5.58. The molecular weight excluding hydrogens is 244 g/mol. The van der Waals surface area contributed by atoms with Crippen LogP contribution < -0.4 is 10.1 Å². The summed E-state index contributed by atoms with van der Waals surface area (Å²) in [7, 11) is 0. The molecule has 1 aromatic heterocycles. The zero-order chi connectivity index (χ0) is 12.8. The van der Waals surface area contributed by atoms with E-state index in [9.17, 15) is 0 Å². The summed E-state index contributed by atoms with van der Waals surface area (Å²) in [6, 6.07) is 10.4. The van der Waals surface area contributed by atoms with Gasteiger partial charge in [0.25, 0.3) is 0 Å². The zero-order valence-electron chi connectivity index (χ0n) is 10.7. The van der Waals surface area contributed by atoms with Gasteiger partial charge in [0.15, 0.2) is 10.2 Å². The highest BCUT2D eigenvalue weighted by Crippen LogP contribution is 2.26. The SMILES string of the molecule is CC(C)Oc1cnc(NCCc2ccccc2)s1. The van der Waals surface area contributed by atoms with Gasteiger partial charge in [-0.25, -0.2) is 4.98 Å². The van der Waals surface area contributed by atoms with Crippen molar-refractivity contribution in [2.24, 2.45) is 0 Å². The molecule has 1 aromatic carbocycles. The standard InChI is InChI=1S/C14H18N2OS/c1-11(2)17-13-10-16-14(18-13)15-9-8-12-6-4-3-5-7-12/h3-7,10-11H,8-9H2,1-2H3,(H,15,16). The fourth-order valence-electron chi connectivity index (χ4n) is 1.59. The number of nitrogens with zero attached hydrogens (tertiary/aromatic N) is 1. The Morgan fingerprint density at radius 1 is 1.28 bits per heavy atom. The van der Waals surface area contributed by atoms with Gasteiger partial charge in [-0.1, -0.05) is 41.7 Å². The molecule has 0 aliphatic heterocycles. The van der Waals surface area contributed by atoms with Crippen molar-refractivity contribution in [2.45, 2.75) is 26.4 Å². The third-order valence-corrected chi connectivity index (χ3v) is 3.21. The van der Waals surface area contributed by atoms with Crippen LogP contribution in [0, 0.1) is 0 Å². The Hall–Kier alpha value is -1.55. The van der Waals surface area contributed by atoms with E-state index in [2.05, 4.69) is 34.6 Å². The van der Waals surface area contributed by atoms with E-state index in [1.807, 2.05) is 19.9 Å². The van der Waals surface area contributed by atoms with Gasteiger partial charge < -0.3 is 10.1 Å². The van der Waals surface area contributed by atoms with Crippen LogP contribution in [0.4, 0.5) is 5.13 Å². The second-order valence-electron chi connectivity index (χ2n) is 4.31. The molecule has 2 aromatic rings. The van der Waals surface area contributed by atoms with Gasteiger partial charge in [0.05, 0.1) is 12.3 Å². The van der Waals surface area contributed by atoms with Crippen LogP contribution in [0.2, 0.25) is 0 Å². The Morgan fingerprint density at radius 3 is 2.78 bits per heavy atom. The van der Waals surface area contributed by atoms with E-state index in [0.717, 1.165) is 23.2 Å². The summed E-state index contributed by atoms with van der Waals surface area (Å²) in [5.74, 6) is 0. The monoisotopic (exact) mass is 262 g/mol. The van der Waals surface area contributed by atoms with Gasteiger partial charge in [-0.2, -0.15) is 0 Å². The lowest BCUT2D eigenvalue weighted by Gasteiger charge is -2.05. The Kier molecular flexibility index (Phi) is 4.59. The number of hydrogen-bond donors (Lipinski definition) is 1. The Morgan fingerprint density at radius 2 is 2.06 bits per heavy atom. The predicted molar refractivity (Wildman–Crippen MR) is 76.5 cm³/mol. The summed E-state index contributed by atoms with van der Waals surface area (Å²) in [5, 5.41) is 5.10. The molecule has 0 amide bonds. The van der Waals surface area contributed by atoms with Crippen LogP contribution in [-0.2, 0) is 6.42 Å². The molecule has 0 saturated carbocycles. The molecular formula is C14H18N2OS. The van der Waals surface area contributed by atoms with Gasteiger partial charge >= 0.3 is 0 Å². The molecule has 0 atom stereocenters. The second-order valence-corrected chi connectivity index (χ2v) is 5.31. The lowest BCUT2D eigenvalue weighted by Crippen LogP contribution is -2.04. The smallest absolute Gasteiger partial charge is 0.196 e. The van der Waals surface area contributed by atoms with Crippen LogP contribution in [0.5, 0.6) is 5.06 Å². The summed E-state index contributed by atoms with van der Waals surface area (Å²) in [5.41, 5.74) is 1.33. The zero-order valence-corrected chi connectivity index (χ0v) is 11.5. The van der Waals surface area contributed by atoms with E-state index in [0.29, 0.717) is 0 Å². The highest BCUT2D eigenvalue weighted by molar-refractivity contribution is 7.17. The van der Waals surface area contributed by atoms with Crippen LogP contribution in [0.1, 0.15) is 19.4 Å². The average molecular weight is 262 g/mol. The Bertz CT molecular complexity index is 468. The van der Waals surface area contributed by atoms with Crippen molar-refractivity contribution >= 4 is 16.5 Å². The number of nitrogens with one attached hydrogen (secondary N) is 1. The van der Waals surface area contributed by atoms with Crippen molar-refractivity contribution in [1.29, 1.82) is 0 Å². The molecule has 0 spiro atoms. The van der Waals surface area contributed by atoms with Crippen LogP contribution in [-0.4, -0.2) is 17.6 Å². The summed E-state index contributed by atoms with van der Waals surface area (Å²) >= 11 is 1.55. The highest BCUT2D eigenvalue weighted by atomic mass is 32.1. The first-order valence-electron chi connectivity index (χ1n) is 6.14. The first-order chi connectivity index (χ1) is 8.74. The van der Waals surface area contributed by atoms with E-state index in [1.54, 1.807) is 17.5 Å². The third kappa shape index (κ3) is 4.04. The van der Waals surface area contributed by atoms with Crippen molar-refractivity contribution in [1.82, 2.24) is 4.98 Å². The summed E-state index contributed by atoms with van der Waals surface area (Å²) in [4.78, 5) is 4.28. The maximum Gasteiger partial charge on any atom is 0.196 e. The molecule has 1 N–H and O–H groups in total. The van der Waals surface area contributed by atoms with Gasteiger partial charge in [-0.05, 0) is 25.8 Å². The maximum atomic E-state index is 5.58. The molecule has 1 heterocycles. The maximum absolute atomic E-state index is 5.58. The molecule has 3 nitrogen and oxygen atoms in total. The topological polar surface area (TPSA) is 34.1 Å². The van der Waals surface area contributed by atoms with Crippen LogP contribution in [0.15, 0.2) is 36.5 Å². The fraction of sp³-hybridized carbons (Fsp3) is 0.357. The molecule has 0 aliphatic carbocycles. The lowest BCUT2D eigenvalue weighted by atomic mass is 10.2. The largest absolute Gasteiger partial charge is 0.480 e. The molecule has 18 heavy (non-hydrogen) atoms. The number of benzene rings is 1. The van der Waals surface area contributed by atoms with E-state index >= 15 is 0 Å². The van der Waals surface area contributed by atoms with Gasteiger partial charge in [0.2, 0.25) is 0 Å². The molecule has 0 radical (unpaired) electrons. The molecule has 96 valence electrons. The van der Waals surface area contributed by atoms with Crippen LogP contribution in [0.3, 0.4) is 0 Å². The first kappa shape index (κ1) is 12.9. The van der Waals surface area contributed by atoms with Crippen molar-refractivity contribution < 1.29 is 4.74 Å². The van der Waals surface area contributed by atoms with Gasteiger partial charge in [-0.3, -0.25) is 0 Å². The number of aromatic nitrogens is 1. The molecule has 2 rings (SSSR count). The van der Waals surface area contributed by atoms with E-state index in [4.69, 9.17) is 4.74 Å². The average Bonchev–Trinajstić information content (AvgIpc) is 2.77. The molecule has 0 fully saturated rings. The van der Waals surface area contributed by atoms with Crippen LogP contribution in [0.25, 0.3) is 0 Å². The van der Waals surface area contributed by atoms with Gasteiger partial charge in [-0.15, -0.1) is 0 Å². The molecule has 0 unspecified atom stereocenters. The van der Waals surface area contributed by atoms with Crippen LogP contribution >= 0.6 is 11.3 Å². The van der Waals surface area contributed by atoms with Gasteiger partial charge in [0, 0.05) is 6.54 Å². The molecule has 0 saturated heterocycles. The van der Waals surface area contributed by atoms with Gasteiger partial charge in [0.1, 0.15) is 0 Å². The number of anilines is 1. The minimum absolute atomic E-state index is 0.197. The van der Waals surface area contributed by atoms with Crippen molar-refractivity contribution in [2.75, 3.05) is 11.9 Å². The fourth-order valence-corrected chi connectivity index (χ4v) is 2.40. The minimum Gasteiger partial charge on any atom is -0.480 e. The quantitative estimate of drug-likeness (QED) is 0.864. The van der Waals surface area contributed by atoms with Crippen molar-refractivity contribution in [3.63, 3.8) is 0 Å². The van der Waals surface area contributed by atoms with E-state index in [1.165, 1.54) is 5.56 Å². The number of ether oxygens (including phenoxy) is 1. The van der Waals surface area contributed by atoms with E-state index < -0.39 is 0 Å².